The number of rotatable bonds is 1. The van der Waals surface area contributed by atoms with Crippen molar-refractivity contribution in [2.45, 2.75) is 5.88 Å². The van der Waals surface area contributed by atoms with Gasteiger partial charge >= 0.3 is 0 Å². The molecule has 1 aromatic rings. The van der Waals surface area contributed by atoms with E-state index in [0.717, 1.165) is 5.69 Å². The predicted molar refractivity (Wildman–Crippen MR) is 29.5 cm³/mol. The summed E-state index contributed by atoms with van der Waals surface area (Å²) in [6.45, 7) is 0. The number of nitrogens with zero attached hydrogens (tertiary/aromatic N) is 2. The first-order valence-electron chi connectivity index (χ1n) is 1.75. The average molecular weight is 135 g/mol. The van der Waals surface area contributed by atoms with Crippen LogP contribution in [0.5, 0.6) is 0 Å². The summed E-state index contributed by atoms with van der Waals surface area (Å²) >= 11 is 6.69. The fourth-order valence-corrected chi connectivity index (χ4v) is 0.916. The van der Waals surface area contributed by atoms with Crippen molar-refractivity contribution >= 4 is 23.1 Å². The Bertz CT molecular complexity index is 127. The van der Waals surface area contributed by atoms with Gasteiger partial charge < -0.3 is 0 Å². The van der Waals surface area contributed by atoms with Crippen LogP contribution in [0.2, 0.25) is 0 Å². The second-order valence-electron chi connectivity index (χ2n) is 1.03. The fourth-order valence-electron chi connectivity index (χ4n) is 0.242. The van der Waals surface area contributed by atoms with E-state index in [1.165, 1.54) is 11.5 Å². The standard InChI is InChI=1S/C3H3ClN2S/c4-1-3-2-7-6-5-3/h2H,1H2. The second-order valence-corrected chi connectivity index (χ2v) is 1.91. The first-order chi connectivity index (χ1) is 3.43. The van der Waals surface area contributed by atoms with Crippen molar-refractivity contribution in [3.63, 3.8) is 0 Å². The molecule has 0 fully saturated rings. The van der Waals surface area contributed by atoms with E-state index in [1.807, 2.05) is 5.38 Å². The smallest absolute Gasteiger partial charge is 0.0902 e. The zero-order chi connectivity index (χ0) is 5.11. The Morgan fingerprint density at radius 3 is 3.00 bits per heavy atom. The van der Waals surface area contributed by atoms with Crippen LogP contribution < -0.4 is 0 Å². The molecule has 0 bridgehead atoms. The molecule has 0 unspecified atom stereocenters. The van der Waals surface area contributed by atoms with Crippen molar-refractivity contribution in [3.8, 4) is 0 Å². The Labute approximate surface area is 50.3 Å². The predicted octanol–water partition coefficient (Wildman–Crippen LogP) is 1.28. The second kappa shape index (κ2) is 2.23. The van der Waals surface area contributed by atoms with Crippen LogP contribution in [-0.2, 0) is 5.88 Å². The van der Waals surface area contributed by atoms with Crippen molar-refractivity contribution < 1.29 is 0 Å². The van der Waals surface area contributed by atoms with Gasteiger partial charge in [-0.05, 0) is 11.5 Å². The summed E-state index contributed by atoms with van der Waals surface area (Å²) in [6.07, 6.45) is 0. The Morgan fingerprint density at radius 1 is 1.86 bits per heavy atom. The molecule has 0 atom stereocenters. The fraction of sp³-hybridized carbons (Fsp3) is 0.333. The number of hydrogen-bond acceptors (Lipinski definition) is 3. The minimum absolute atomic E-state index is 0.469. The zero-order valence-electron chi connectivity index (χ0n) is 3.47. The Kier molecular flexibility index (Phi) is 1.59. The molecule has 0 aliphatic heterocycles. The highest BCUT2D eigenvalue weighted by Gasteiger charge is 1.87. The molecule has 0 N–H and O–H groups in total. The largest absolute Gasteiger partial charge is 0.142 e. The van der Waals surface area contributed by atoms with E-state index >= 15 is 0 Å². The lowest BCUT2D eigenvalue weighted by atomic mass is 10.6. The van der Waals surface area contributed by atoms with Crippen molar-refractivity contribution in [1.29, 1.82) is 0 Å². The minimum Gasteiger partial charge on any atom is -0.142 e. The Hall–Kier alpha value is -0.150. The molecule has 1 heterocycles. The molecule has 0 saturated carbocycles. The van der Waals surface area contributed by atoms with Gasteiger partial charge in [-0.2, -0.15) is 0 Å². The molecule has 0 aromatic carbocycles. The lowest BCUT2D eigenvalue weighted by Gasteiger charge is -1.72. The molecule has 0 amide bonds. The molecule has 7 heavy (non-hydrogen) atoms. The summed E-state index contributed by atoms with van der Waals surface area (Å²) in [7, 11) is 0. The number of aromatic nitrogens is 2. The monoisotopic (exact) mass is 134 g/mol. The van der Waals surface area contributed by atoms with Gasteiger partial charge in [-0.15, -0.1) is 16.7 Å². The van der Waals surface area contributed by atoms with E-state index in [-0.39, 0.29) is 0 Å². The van der Waals surface area contributed by atoms with Crippen LogP contribution in [0.1, 0.15) is 5.69 Å². The van der Waals surface area contributed by atoms with Crippen LogP contribution >= 0.6 is 23.1 Å². The molecule has 0 saturated heterocycles. The van der Waals surface area contributed by atoms with E-state index in [1.54, 1.807) is 0 Å². The highest BCUT2D eigenvalue weighted by atomic mass is 35.5. The molecular weight excluding hydrogens is 132 g/mol. The molecule has 2 nitrogen and oxygen atoms in total. The first kappa shape index (κ1) is 5.00. The van der Waals surface area contributed by atoms with Crippen LogP contribution in [-0.4, -0.2) is 9.59 Å². The van der Waals surface area contributed by atoms with E-state index in [0.29, 0.717) is 5.88 Å². The van der Waals surface area contributed by atoms with Gasteiger partial charge in [0.25, 0.3) is 0 Å². The number of alkyl halides is 1. The summed E-state index contributed by atoms with van der Waals surface area (Å²) in [5, 5.41) is 5.50. The maximum Gasteiger partial charge on any atom is 0.0902 e. The molecule has 4 heteroatoms. The quantitative estimate of drug-likeness (QED) is 0.541. The Balaban J connectivity index is 2.76. The van der Waals surface area contributed by atoms with Gasteiger partial charge in [-0.3, -0.25) is 0 Å². The zero-order valence-corrected chi connectivity index (χ0v) is 5.04. The van der Waals surface area contributed by atoms with Crippen molar-refractivity contribution in [1.82, 2.24) is 9.59 Å². The van der Waals surface area contributed by atoms with Crippen LogP contribution in [0, 0.1) is 0 Å². The van der Waals surface area contributed by atoms with Crippen molar-refractivity contribution in [2.75, 3.05) is 0 Å². The van der Waals surface area contributed by atoms with Crippen LogP contribution in [0.3, 0.4) is 0 Å². The molecule has 0 spiro atoms. The van der Waals surface area contributed by atoms with Crippen LogP contribution in [0.15, 0.2) is 5.38 Å². The number of hydrogen-bond donors (Lipinski definition) is 0. The topological polar surface area (TPSA) is 25.8 Å². The maximum atomic E-state index is 5.37. The first-order valence-corrected chi connectivity index (χ1v) is 3.12. The van der Waals surface area contributed by atoms with Gasteiger partial charge in [0.2, 0.25) is 0 Å². The molecule has 38 valence electrons. The summed E-state index contributed by atoms with van der Waals surface area (Å²) in [5.74, 6) is 0.469. The molecule has 1 rings (SSSR count). The summed E-state index contributed by atoms with van der Waals surface area (Å²) in [6, 6.07) is 0. The van der Waals surface area contributed by atoms with E-state index in [9.17, 15) is 0 Å². The van der Waals surface area contributed by atoms with Crippen molar-refractivity contribution in [2.24, 2.45) is 0 Å². The third-order valence-corrected chi connectivity index (χ3v) is 1.37. The molecule has 1 aromatic heterocycles. The Morgan fingerprint density at radius 2 is 2.71 bits per heavy atom. The van der Waals surface area contributed by atoms with Crippen LogP contribution in [0.25, 0.3) is 0 Å². The van der Waals surface area contributed by atoms with Gasteiger partial charge in [-0.1, -0.05) is 4.49 Å². The normalized spacial score (nSPS) is 9.29. The van der Waals surface area contributed by atoms with Gasteiger partial charge in [0, 0.05) is 5.38 Å². The lowest BCUT2D eigenvalue weighted by Crippen LogP contribution is -1.73. The summed E-state index contributed by atoms with van der Waals surface area (Å²) in [5.41, 5.74) is 0.853. The average Bonchev–Trinajstić information content (AvgIpc) is 2.14. The van der Waals surface area contributed by atoms with E-state index in [4.69, 9.17) is 11.6 Å². The third kappa shape index (κ3) is 1.11. The minimum atomic E-state index is 0.469. The van der Waals surface area contributed by atoms with Crippen LogP contribution in [0.4, 0.5) is 0 Å². The maximum absolute atomic E-state index is 5.37. The summed E-state index contributed by atoms with van der Waals surface area (Å²) < 4.78 is 3.60. The molecule has 0 radical (unpaired) electrons. The molecule has 0 aliphatic carbocycles. The van der Waals surface area contributed by atoms with E-state index in [2.05, 4.69) is 9.59 Å². The lowest BCUT2D eigenvalue weighted by molar-refractivity contribution is 1.07. The summed E-state index contributed by atoms with van der Waals surface area (Å²) in [4.78, 5) is 0. The van der Waals surface area contributed by atoms with Gasteiger partial charge in [-0.25, -0.2) is 0 Å². The van der Waals surface area contributed by atoms with E-state index < -0.39 is 0 Å². The SMILES string of the molecule is ClCc1csnn1. The number of halogens is 1. The molecular formula is C3H3ClN2S. The highest BCUT2D eigenvalue weighted by molar-refractivity contribution is 7.03. The van der Waals surface area contributed by atoms with Crippen molar-refractivity contribution in [3.05, 3.63) is 11.1 Å². The molecule has 0 aliphatic rings. The third-order valence-electron chi connectivity index (χ3n) is 0.542. The van der Waals surface area contributed by atoms with Gasteiger partial charge in [0.15, 0.2) is 0 Å². The van der Waals surface area contributed by atoms with Gasteiger partial charge in [0.05, 0.1) is 11.6 Å². The highest BCUT2D eigenvalue weighted by Crippen LogP contribution is 1.98. The van der Waals surface area contributed by atoms with Gasteiger partial charge in [0.1, 0.15) is 0 Å².